The van der Waals surface area contributed by atoms with Gasteiger partial charge in [-0.05, 0) is 33.4 Å². The van der Waals surface area contributed by atoms with Crippen LogP contribution in [0.15, 0.2) is 0 Å². The lowest BCUT2D eigenvalue weighted by atomic mass is 10.1. The number of hydrogen-bond donors (Lipinski definition) is 0. The fourth-order valence-electron chi connectivity index (χ4n) is 3.79. The van der Waals surface area contributed by atoms with Crippen molar-refractivity contribution in [2.24, 2.45) is 5.92 Å². The van der Waals surface area contributed by atoms with Crippen LogP contribution in [0.5, 0.6) is 0 Å². The van der Waals surface area contributed by atoms with Crippen LogP contribution in [0, 0.1) is 5.92 Å². The molecular formula is C30H59NO7. The highest BCUT2D eigenvalue weighted by atomic mass is 16.7. The largest absolute Gasteiger partial charge is 0.508 e. The van der Waals surface area contributed by atoms with Gasteiger partial charge >= 0.3 is 12.1 Å². The summed E-state index contributed by atoms with van der Waals surface area (Å²) in [6.07, 6.45) is 14.9. The number of unbranched alkanes of at least 4 members (excludes halogenated alkanes) is 10. The number of esters is 1. The van der Waals surface area contributed by atoms with Crippen LogP contribution < -0.4 is 0 Å². The molecule has 0 saturated heterocycles. The molecule has 0 bridgehead atoms. The minimum Gasteiger partial charge on any atom is -0.465 e. The van der Waals surface area contributed by atoms with Crippen molar-refractivity contribution in [2.75, 3.05) is 53.7 Å². The van der Waals surface area contributed by atoms with Crippen molar-refractivity contribution < 1.29 is 33.3 Å². The van der Waals surface area contributed by atoms with Gasteiger partial charge in [0.2, 0.25) is 0 Å². The van der Waals surface area contributed by atoms with E-state index in [0.717, 1.165) is 38.6 Å². The molecule has 1 atom stereocenters. The van der Waals surface area contributed by atoms with E-state index in [2.05, 4.69) is 13.8 Å². The third-order valence-corrected chi connectivity index (χ3v) is 6.17. The summed E-state index contributed by atoms with van der Waals surface area (Å²) in [6, 6.07) is 0. The average molecular weight is 546 g/mol. The molecule has 0 aliphatic heterocycles. The molecule has 0 aliphatic carbocycles. The first kappa shape index (κ1) is 36.6. The molecule has 8 nitrogen and oxygen atoms in total. The van der Waals surface area contributed by atoms with Crippen molar-refractivity contribution in [3.05, 3.63) is 0 Å². The van der Waals surface area contributed by atoms with E-state index in [0.29, 0.717) is 26.2 Å². The van der Waals surface area contributed by atoms with Crippen LogP contribution in [-0.4, -0.2) is 77.0 Å². The van der Waals surface area contributed by atoms with E-state index in [-0.39, 0.29) is 37.8 Å². The lowest BCUT2D eigenvalue weighted by molar-refractivity contribution is -0.160. The van der Waals surface area contributed by atoms with E-state index < -0.39 is 6.16 Å². The van der Waals surface area contributed by atoms with Gasteiger partial charge in [-0.15, -0.1) is 0 Å². The zero-order valence-corrected chi connectivity index (χ0v) is 25.3. The van der Waals surface area contributed by atoms with Crippen molar-refractivity contribution in [3.8, 4) is 0 Å². The third-order valence-electron chi connectivity index (χ3n) is 6.17. The molecule has 0 N–H and O–H groups in total. The predicted molar refractivity (Wildman–Crippen MR) is 152 cm³/mol. The molecule has 0 saturated carbocycles. The summed E-state index contributed by atoms with van der Waals surface area (Å²) in [5, 5.41) is 0. The summed E-state index contributed by atoms with van der Waals surface area (Å²) in [7, 11) is 3.93. The molecule has 0 aromatic rings. The van der Waals surface area contributed by atoms with Gasteiger partial charge in [0.05, 0.1) is 19.6 Å². The zero-order valence-electron chi connectivity index (χ0n) is 25.3. The Balaban J connectivity index is 4.17. The van der Waals surface area contributed by atoms with Crippen molar-refractivity contribution in [1.29, 1.82) is 0 Å². The van der Waals surface area contributed by atoms with Crippen LogP contribution in [0.1, 0.15) is 117 Å². The molecule has 1 unspecified atom stereocenters. The molecule has 0 aromatic heterocycles. The first-order chi connectivity index (χ1) is 18.4. The maximum atomic E-state index is 12.3. The van der Waals surface area contributed by atoms with Crippen molar-refractivity contribution in [3.63, 3.8) is 0 Å². The quantitative estimate of drug-likeness (QED) is 0.0612. The van der Waals surface area contributed by atoms with Crippen molar-refractivity contribution >= 4 is 12.1 Å². The summed E-state index contributed by atoms with van der Waals surface area (Å²) >= 11 is 0. The minimum atomic E-state index is -0.685. The monoisotopic (exact) mass is 545 g/mol. The molecule has 0 rings (SSSR count). The molecule has 0 spiro atoms. The number of nitrogens with zero attached hydrogens (tertiary/aromatic N) is 1. The fraction of sp³-hybridized carbons (Fsp3) is 0.933. The fourth-order valence-corrected chi connectivity index (χ4v) is 3.79. The first-order valence-corrected chi connectivity index (χ1v) is 15.2. The smallest absolute Gasteiger partial charge is 0.465 e. The molecule has 8 heteroatoms. The van der Waals surface area contributed by atoms with Gasteiger partial charge in [0.15, 0.2) is 6.29 Å². The Morgan fingerprint density at radius 3 is 1.74 bits per heavy atom. The predicted octanol–water partition coefficient (Wildman–Crippen LogP) is 7.13. The van der Waals surface area contributed by atoms with Gasteiger partial charge in [-0.2, -0.15) is 0 Å². The Bertz CT molecular complexity index is 527. The number of carbonyl (C=O) groups is 2. The Kier molecular flexibility index (Phi) is 26.2. The molecule has 0 aromatic carbocycles. The summed E-state index contributed by atoms with van der Waals surface area (Å²) < 4.78 is 27.5. The van der Waals surface area contributed by atoms with Crippen LogP contribution in [-0.2, 0) is 28.5 Å². The van der Waals surface area contributed by atoms with Gasteiger partial charge in [-0.25, -0.2) is 4.79 Å². The zero-order chi connectivity index (χ0) is 28.3. The number of carbonyl (C=O) groups excluding carboxylic acids is 2. The highest BCUT2D eigenvalue weighted by Crippen LogP contribution is 2.12. The van der Waals surface area contributed by atoms with E-state index in [1.807, 2.05) is 25.9 Å². The molecule has 0 fully saturated rings. The molecule has 38 heavy (non-hydrogen) atoms. The topological polar surface area (TPSA) is 83.5 Å². The van der Waals surface area contributed by atoms with Gasteiger partial charge < -0.3 is 28.6 Å². The van der Waals surface area contributed by atoms with Crippen LogP contribution >= 0.6 is 0 Å². The number of hydrogen-bond acceptors (Lipinski definition) is 8. The van der Waals surface area contributed by atoms with Crippen LogP contribution in [0.3, 0.4) is 0 Å². The van der Waals surface area contributed by atoms with E-state index in [1.165, 1.54) is 51.4 Å². The first-order valence-electron chi connectivity index (χ1n) is 15.2. The van der Waals surface area contributed by atoms with Gasteiger partial charge in [0, 0.05) is 32.1 Å². The van der Waals surface area contributed by atoms with E-state index >= 15 is 0 Å². The Morgan fingerprint density at radius 2 is 1.18 bits per heavy atom. The van der Waals surface area contributed by atoms with Crippen LogP contribution in [0.4, 0.5) is 4.79 Å². The standard InChI is InChI=1S/C30H59NO7/c1-6-8-10-12-14-16-22-34-29(35-23-17-15-13-11-9-7-2)20-19-28(32)37-25-27(3)26-38-30(33)36-24-18-21-31(4)5/h27,29H,6-26H2,1-5H3. The maximum absolute atomic E-state index is 12.3. The second-order valence-electron chi connectivity index (χ2n) is 10.6. The summed E-state index contributed by atoms with van der Waals surface area (Å²) in [6.45, 7) is 9.12. The van der Waals surface area contributed by atoms with Gasteiger partial charge in [0.1, 0.15) is 6.61 Å². The van der Waals surface area contributed by atoms with E-state index in [9.17, 15) is 9.59 Å². The SMILES string of the molecule is CCCCCCCCOC(CCC(=O)OCC(C)COC(=O)OCCCN(C)C)OCCCCCCCC. The lowest BCUT2D eigenvalue weighted by Gasteiger charge is -2.19. The minimum absolute atomic E-state index is 0.114. The van der Waals surface area contributed by atoms with E-state index in [4.69, 9.17) is 23.7 Å². The van der Waals surface area contributed by atoms with Crippen LogP contribution in [0.2, 0.25) is 0 Å². The number of rotatable bonds is 27. The van der Waals surface area contributed by atoms with Crippen molar-refractivity contribution in [2.45, 2.75) is 123 Å². The number of ether oxygens (including phenoxy) is 5. The van der Waals surface area contributed by atoms with E-state index in [1.54, 1.807) is 0 Å². The highest BCUT2D eigenvalue weighted by Gasteiger charge is 2.15. The molecular weight excluding hydrogens is 486 g/mol. The second-order valence-corrected chi connectivity index (χ2v) is 10.6. The summed E-state index contributed by atoms with van der Waals surface area (Å²) in [4.78, 5) is 26.0. The maximum Gasteiger partial charge on any atom is 0.508 e. The summed E-state index contributed by atoms with van der Waals surface area (Å²) in [5.74, 6) is -0.406. The lowest BCUT2D eigenvalue weighted by Crippen LogP contribution is -2.22. The van der Waals surface area contributed by atoms with Gasteiger partial charge in [-0.1, -0.05) is 85.0 Å². The molecule has 0 radical (unpaired) electrons. The highest BCUT2D eigenvalue weighted by molar-refractivity contribution is 5.69. The van der Waals surface area contributed by atoms with Crippen molar-refractivity contribution in [1.82, 2.24) is 4.90 Å². The Hall–Kier alpha value is -1.38. The molecule has 226 valence electrons. The molecule has 0 amide bonds. The normalized spacial score (nSPS) is 12.2. The Labute approximate surface area is 233 Å². The average Bonchev–Trinajstić information content (AvgIpc) is 2.90. The summed E-state index contributed by atoms with van der Waals surface area (Å²) in [5.41, 5.74) is 0. The Morgan fingerprint density at radius 1 is 0.658 bits per heavy atom. The van der Waals surface area contributed by atoms with Crippen LogP contribution in [0.25, 0.3) is 0 Å². The third kappa shape index (κ3) is 26.2. The molecule has 0 heterocycles. The van der Waals surface area contributed by atoms with Gasteiger partial charge in [0.25, 0.3) is 0 Å². The second kappa shape index (κ2) is 27.2. The van der Waals surface area contributed by atoms with Gasteiger partial charge in [-0.3, -0.25) is 4.79 Å². The molecule has 0 aliphatic rings.